The van der Waals surface area contributed by atoms with Crippen molar-refractivity contribution < 1.29 is 19.1 Å². The third-order valence-corrected chi connectivity index (χ3v) is 4.84. The third kappa shape index (κ3) is 1.52. The van der Waals surface area contributed by atoms with Gasteiger partial charge < -0.3 is 14.4 Å². The molecule has 1 amide bonds. The number of nitrogens with zero attached hydrogens (tertiary/aromatic N) is 1. The van der Waals surface area contributed by atoms with Gasteiger partial charge in [0.1, 0.15) is 0 Å². The molecule has 1 saturated carbocycles. The Morgan fingerprint density at radius 3 is 2.86 bits per heavy atom. The Morgan fingerprint density at radius 1 is 1.36 bits per heavy atom. The lowest BCUT2D eigenvalue weighted by molar-refractivity contribution is -0.166. The fourth-order valence-electron chi connectivity index (χ4n) is 3.86. The standard InChI is InChI=1S/C17H17NO4/c1-21-15(20)16-10-13-8-5-9-17(13,22-16)18(14(16)19)11-12-6-3-2-4-7-12/h2-4,6-7,10H,5,8-9,11H2,1H3/t16-,17+/m0/s1. The minimum absolute atomic E-state index is 0.311. The zero-order valence-corrected chi connectivity index (χ0v) is 12.4. The van der Waals surface area contributed by atoms with Crippen LogP contribution in [-0.4, -0.2) is 35.2 Å². The van der Waals surface area contributed by atoms with Crippen LogP contribution in [0.5, 0.6) is 0 Å². The van der Waals surface area contributed by atoms with Crippen LogP contribution in [0.4, 0.5) is 0 Å². The van der Waals surface area contributed by atoms with Gasteiger partial charge in [0.05, 0.1) is 7.11 Å². The maximum Gasteiger partial charge on any atom is 0.352 e. The number of ether oxygens (including phenoxy) is 2. The molecule has 2 heterocycles. The van der Waals surface area contributed by atoms with Crippen LogP contribution in [0.1, 0.15) is 24.8 Å². The summed E-state index contributed by atoms with van der Waals surface area (Å²) in [4.78, 5) is 26.8. The molecule has 0 radical (unpaired) electrons. The summed E-state index contributed by atoms with van der Waals surface area (Å²) in [5.74, 6) is -0.941. The molecule has 1 aromatic carbocycles. The highest BCUT2D eigenvalue weighted by Crippen LogP contribution is 2.56. The number of carbonyl (C=O) groups is 2. The van der Waals surface area contributed by atoms with Crippen molar-refractivity contribution in [1.29, 1.82) is 0 Å². The molecular formula is C17H17NO4. The Kier molecular flexibility index (Phi) is 2.72. The highest BCUT2D eigenvalue weighted by atomic mass is 16.6. The Morgan fingerprint density at radius 2 is 2.14 bits per heavy atom. The topological polar surface area (TPSA) is 55.8 Å². The zero-order valence-electron chi connectivity index (χ0n) is 12.4. The first-order chi connectivity index (χ1) is 10.6. The molecule has 2 aliphatic heterocycles. The van der Waals surface area contributed by atoms with Gasteiger partial charge in [0.15, 0.2) is 5.72 Å². The van der Waals surface area contributed by atoms with Gasteiger partial charge in [-0.05, 0) is 36.5 Å². The first kappa shape index (κ1) is 13.5. The minimum Gasteiger partial charge on any atom is -0.466 e. The number of rotatable bonds is 3. The van der Waals surface area contributed by atoms with E-state index in [9.17, 15) is 9.59 Å². The molecule has 1 aromatic rings. The van der Waals surface area contributed by atoms with Gasteiger partial charge in [-0.2, -0.15) is 0 Å². The number of methoxy groups -OCH3 is 1. The smallest absolute Gasteiger partial charge is 0.352 e. The molecule has 2 atom stereocenters. The van der Waals surface area contributed by atoms with E-state index >= 15 is 0 Å². The van der Waals surface area contributed by atoms with Crippen molar-refractivity contribution in [2.75, 3.05) is 7.11 Å². The number of amides is 1. The summed E-state index contributed by atoms with van der Waals surface area (Å²) in [6.45, 7) is 0.440. The average molecular weight is 299 g/mol. The number of benzene rings is 1. The summed E-state index contributed by atoms with van der Waals surface area (Å²) in [5.41, 5.74) is -0.263. The molecule has 2 bridgehead atoms. The van der Waals surface area contributed by atoms with Gasteiger partial charge in [0.2, 0.25) is 0 Å². The van der Waals surface area contributed by atoms with Crippen molar-refractivity contribution >= 4 is 11.9 Å². The van der Waals surface area contributed by atoms with Crippen LogP contribution in [0.2, 0.25) is 0 Å². The van der Waals surface area contributed by atoms with Crippen LogP contribution < -0.4 is 0 Å². The number of fused-ring (bicyclic) bond motifs is 1. The molecule has 0 N–H and O–H groups in total. The van der Waals surface area contributed by atoms with E-state index in [1.54, 1.807) is 11.0 Å². The van der Waals surface area contributed by atoms with Crippen molar-refractivity contribution in [1.82, 2.24) is 4.90 Å². The van der Waals surface area contributed by atoms with E-state index in [2.05, 4.69) is 0 Å². The Hall–Kier alpha value is -2.14. The van der Waals surface area contributed by atoms with E-state index < -0.39 is 17.3 Å². The summed E-state index contributed by atoms with van der Waals surface area (Å²) < 4.78 is 10.9. The Bertz CT molecular complexity index is 683. The number of esters is 1. The Labute approximate surface area is 128 Å². The highest BCUT2D eigenvalue weighted by Gasteiger charge is 2.71. The summed E-state index contributed by atoms with van der Waals surface area (Å²) in [7, 11) is 1.28. The highest BCUT2D eigenvalue weighted by molar-refractivity contribution is 6.11. The van der Waals surface area contributed by atoms with Crippen LogP contribution in [0.25, 0.3) is 0 Å². The normalized spacial score (nSPS) is 32.1. The molecule has 0 unspecified atom stereocenters. The van der Waals surface area contributed by atoms with E-state index in [0.717, 1.165) is 30.4 Å². The third-order valence-electron chi connectivity index (χ3n) is 4.84. The largest absolute Gasteiger partial charge is 0.466 e. The van der Waals surface area contributed by atoms with Crippen molar-refractivity contribution in [2.45, 2.75) is 37.1 Å². The molecule has 114 valence electrons. The summed E-state index contributed by atoms with van der Waals surface area (Å²) in [6.07, 6.45) is 4.24. The first-order valence-electron chi connectivity index (χ1n) is 7.49. The molecule has 1 aliphatic carbocycles. The molecule has 1 spiro atoms. The molecule has 5 heteroatoms. The minimum atomic E-state index is -1.57. The van der Waals surface area contributed by atoms with E-state index in [0.29, 0.717) is 6.54 Å². The lowest BCUT2D eigenvalue weighted by Crippen LogP contribution is -2.50. The average Bonchev–Trinajstić information content (AvgIpc) is 3.14. The van der Waals surface area contributed by atoms with Gasteiger partial charge >= 0.3 is 5.97 Å². The lowest BCUT2D eigenvalue weighted by Gasteiger charge is -2.34. The fraction of sp³-hybridized carbons (Fsp3) is 0.412. The van der Waals surface area contributed by atoms with Gasteiger partial charge in [0, 0.05) is 6.54 Å². The van der Waals surface area contributed by atoms with Gasteiger partial charge in [-0.1, -0.05) is 30.3 Å². The SMILES string of the molecule is COC(=O)[C@@]12C=C3CCC[C@]3(O1)N(Cc1ccccc1)C2=O. The second-order valence-corrected chi connectivity index (χ2v) is 6.01. The van der Waals surface area contributed by atoms with Crippen LogP contribution in [0.15, 0.2) is 42.0 Å². The maximum atomic E-state index is 12.9. The van der Waals surface area contributed by atoms with E-state index in [1.165, 1.54) is 7.11 Å². The fourth-order valence-corrected chi connectivity index (χ4v) is 3.86. The number of carbonyl (C=O) groups excluding carboxylic acids is 2. The van der Waals surface area contributed by atoms with E-state index in [1.807, 2.05) is 30.3 Å². The van der Waals surface area contributed by atoms with Gasteiger partial charge in [-0.15, -0.1) is 0 Å². The van der Waals surface area contributed by atoms with Gasteiger partial charge in [-0.25, -0.2) is 4.79 Å². The predicted molar refractivity (Wildman–Crippen MR) is 77.5 cm³/mol. The predicted octanol–water partition coefficient (Wildman–Crippen LogP) is 1.78. The zero-order chi connectivity index (χ0) is 15.4. The maximum absolute atomic E-state index is 12.9. The molecule has 22 heavy (non-hydrogen) atoms. The Balaban J connectivity index is 1.76. The van der Waals surface area contributed by atoms with Crippen LogP contribution in [0.3, 0.4) is 0 Å². The van der Waals surface area contributed by atoms with Crippen LogP contribution in [-0.2, 0) is 25.6 Å². The quantitative estimate of drug-likeness (QED) is 0.485. The summed E-state index contributed by atoms with van der Waals surface area (Å²) in [6, 6.07) is 9.76. The number of hydrogen-bond donors (Lipinski definition) is 0. The van der Waals surface area contributed by atoms with Crippen LogP contribution >= 0.6 is 0 Å². The molecule has 1 saturated heterocycles. The van der Waals surface area contributed by atoms with Crippen LogP contribution in [0, 0.1) is 0 Å². The molecule has 2 fully saturated rings. The molecule has 0 aromatic heterocycles. The van der Waals surface area contributed by atoms with E-state index in [4.69, 9.17) is 9.47 Å². The monoisotopic (exact) mass is 299 g/mol. The molecule has 3 aliphatic rings. The molecule has 4 rings (SSSR count). The van der Waals surface area contributed by atoms with Crippen molar-refractivity contribution in [3.8, 4) is 0 Å². The van der Waals surface area contributed by atoms with Crippen molar-refractivity contribution in [3.05, 3.63) is 47.5 Å². The van der Waals surface area contributed by atoms with E-state index in [-0.39, 0.29) is 5.91 Å². The molecular weight excluding hydrogens is 282 g/mol. The van der Waals surface area contributed by atoms with Crippen molar-refractivity contribution in [2.24, 2.45) is 0 Å². The summed E-state index contributed by atoms with van der Waals surface area (Å²) >= 11 is 0. The molecule has 5 nitrogen and oxygen atoms in total. The first-order valence-corrected chi connectivity index (χ1v) is 7.49. The lowest BCUT2D eigenvalue weighted by atomic mass is 9.93. The summed E-state index contributed by atoms with van der Waals surface area (Å²) in [5, 5.41) is 0. The number of hydrogen-bond acceptors (Lipinski definition) is 4. The second kappa shape index (κ2) is 4.43. The van der Waals surface area contributed by atoms with Gasteiger partial charge in [-0.3, -0.25) is 4.79 Å². The second-order valence-electron chi connectivity index (χ2n) is 6.01. The van der Waals surface area contributed by atoms with Crippen molar-refractivity contribution in [3.63, 3.8) is 0 Å². The van der Waals surface area contributed by atoms with Gasteiger partial charge in [0.25, 0.3) is 11.5 Å².